The third kappa shape index (κ3) is 3.78. The summed E-state index contributed by atoms with van der Waals surface area (Å²) in [6.07, 6.45) is 7.92. The number of nitrogens with zero attached hydrogens (tertiary/aromatic N) is 3. The highest BCUT2D eigenvalue weighted by atomic mass is 32.1. The molecule has 0 N–H and O–H groups in total. The van der Waals surface area contributed by atoms with Crippen LogP contribution in [0.15, 0.2) is 134 Å². The van der Waals surface area contributed by atoms with E-state index in [4.69, 9.17) is 0 Å². The number of hydrogen-bond donors (Lipinski definition) is 0. The molecule has 2 aliphatic rings. The first-order valence-electron chi connectivity index (χ1n) is 18.4. The van der Waals surface area contributed by atoms with Crippen LogP contribution in [0.25, 0.3) is 80.8 Å². The summed E-state index contributed by atoms with van der Waals surface area (Å²) in [6.45, 7) is 3.20. The van der Waals surface area contributed by atoms with Crippen molar-refractivity contribution in [1.82, 2.24) is 4.40 Å². The fraction of sp³-hybridized carbons (Fsp3) is 0.149. The standard InChI is InChI=1S/C47H35N3S/c1-28-17-20-38-35-25-37-42(50-41-15-6-4-12-32(41)36-26-44-45(46(37)47(36)50)34-13-5-7-16-43(34)51-44)24-29(35)18-19-33-30-10-2-3-11-31(30)39-14-8-9-22-49(39)40(33)21-23-48(38)27-28/h2-17,20,22,24-27,33,40H,18-19,21,23H2,1H3/q+2. The minimum absolute atomic E-state index is 0.394. The molecule has 3 nitrogen and oxygen atoms in total. The van der Waals surface area contributed by atoms with Gasteiger partial charge in [0.05, 0.1) is 28.5 Å². The average Bonchev–Trinajstić information content (AvgIpc) is 3.82. The van der Waals surface area contributed by atoms with Gasteiger partial charge in [-0.05, 0) is 79.4 Å². The highest BCUT2D eigenvalue weighted by Crippen LogP contribution is 2.49. The van der Waals surface area contributed by atoms with E-state index in [1.807, 2.05) is 11.3 Å². The minimum atomic E-state index is 0.394. The smallest absolute Gasteiger partial charge is 0.213 e. The van der Waals surface area contributed by atoms with E-state index < -0.39 is 0 Å². The molecule has 0 radical (unpaired) electrons. The first kappa shape index (κ1) is 28.2. The van der Waals surface area contributed by atoms with E-state index in [1.165, 1.54) is 97.5 Å². The molecule has 0 saturated carbocycles. The first-order chi connectivity index (χ1) is 25.2. The zero-order chi connectivity index (χ0) is 33.4. The van der Waals surface area contributed by atoms with Gasteiger partial charge in [-0.2, -0.15) is 9.13 Å². The third-order valence-electron chi connectivity index (χ3n) is 12.2. The Labute approximate surface area is 299 Å². The summed E-state index contributed by atoms with van der Waals surface area (Å²) in [5.74, 6) is 0.433. The number of para-hydroxylation sites is 1. The molecule has 5 aromatic carbocycles. The molecule has 10 aromatic rings. The maximum absolute atomic E-state index is 2.59. The highest BCUT2D eigenvalue weighted by Gasteiger charge is 2.41. The number of pyridine rings is 2. The van der Waals surface area contributed by atoms with Crippen molar-refractivity contribution in [1.29, 1.82) is 0 Å². The molecule has 0 fully saturated rings. The van der Waals surface area contributed by atoms with Crippen LogP contribution in [0.2, 0.25) is 0 Å². The average molecular weight is 674 g/mol. The second-order valence-corrected chi connectivity index (χ2v) is 15.9. The van der Waals surface area contributed by atoms with Crippen molar-refractivity contribution in [2.75, 3.05) is 0 Å². The van der Waals surface area contributed by atoms with Gasteiger partial charge in [-0.15, -0.1) is 11.3 Å². The number of hydrogen-bond acceptors (Lipinski definition) is 1. The second-order valence-electron chi connectivity index (χ2n) is 14.9. The lowest BCUT2D eigenvalue weighted by atomic mass is 9.78. The number of fused-ring (bicyclic) bond motifs is 19. The summed E-state index contributed by atoms with van der Waals surface area (Å²) in [5, 5.41) is 8.23. The Hall–Kier alpha value is -5.58. The summed E-state index contributed by atoms with van der Waals surface area (Å²) >= 11 is 1.93. The Morgan fingerprint density at radius 1 is 0.647 bits per heavy atom. The van der Waals surface area contributed by atoms with Crippen LogP contribution in [0.4, 0.5) is 0 Å². The van der Waals surface area contributed by atoms with Gasteiger partial charge in [0.1, 0.15) is 0 Å². The zero-order valence-corrected chi connectivity index (χ0v) is 29.3. The summed E-state index contributed by atoms with van der Waals surface area (Å²) in [6, 6.07) is 46.6. The van der Waals surface area contributed by atoms with Crippen LogP contribution in [0, 0.1) is 6.92 Å². The maximum atomic E-state index is 2.59. The maximum Gasteiger partial charge on any atom is 0.213 e. The highest BCUT2D eigenvalue weighted by molar-refractivity contribution is 7.26. The molecule has 7 heterocycles. The fourth-order valence-corrected chi connectivity index (χ4v) is 11.3. The van der Waals surface area contributed by atoms with Crippen LogP contribution in [0.5, 0.6) is 0 Å². The van der Waals surface area contributed by atoms with Crippen LogP contribution in [0.3, 0.4) is 0 Å². The molecule has 2 unspecified atom stereocenters. The largest absolute Gasteiger partial charge is 0.308 e. The van der Waals surface area contributed by atoms with Gasteiger partial charge in [0.2, 0.25) is 11.4 Å². The topological polar surface area (TPSA) is 12.2 Å². The van der Waals surface area contributed by atoms with E-state index in [2.05, 4.69) is 154 Å². The predicted octanol–water partition coefficient (Wildman–Crippen LogP) is 11.1. The summed E-state index contributed by atoms with van der Waals surface area (Å²) in [5.41, 5.74) is 13.7. The Bertz CT molecular complexity index is 3070. The molecular formula is C47H35N3S+2. The van der Waals surface area contributed by atoms with Crippen molar-refractivity contribution in [2.45, 2.75) is 44.7 Å². The van der Waals surface area contributed by atoms with Crippen LogP contribution in [-0.4, -0.2) is 4.40 Å². The third-order valence-corrected chi connectivity index (χ3v) is 13.3. The minimum Gasteiger partial charge on any atom is -0.308 e. The van der Waals surface area contributed by atoms with Gasteiger partial charge in [0.15, 0.2) is 25.0 Å². The number of rotatable bonds is 0. The summed E-state index contributed by atoms with van der Waals surface area (Å²) < 4.78 is 10.5. The molecule has 242 valence electrons. The van der Waals surface area contributed by atoms with Gasteiger partial charge in [0, 0.05) is 77.0 Å². The molecular weight excluding hydrogens is 639 g/mol. The van der Waals surface area contributed by atoms with Gasteiger partial charge >= 0.3 is 0 Å². The molecule has 0 amide bonds. The van der Waals surface area contributed by atoms with E-state index in [9.17, 15) is 0 Å². The summed E-state index contributed by atoms with van der Waals surface area (Å²) in [4.78, 5) is 0. The van der Waals surface area contributed by atoms with Gasteiger partial charge in [-0.1, -0.05) is 54.6 Å². The predicted molar refractivity (Wildman–Crippen MR) is 211 cm³/mol. The lowest BCUT2D eigenvalue weighted by molar-refractivity contribution is -0.738. The van der Waals surface area contributed by atoms with Crippen LogP contribution >= 0.6 is 11.3 Å². The quantitative estimate of drug-likeness (QED) is 0.142. The zero-order valence-electron chi connectivity index (χ0n) is 28.4. The number of aromatic nitrogens is 3. The van der Waals surface area contributed by atoms with Crippen LogP contribution in [-0.2, 0) is 13.0 Å². The normalized spacial score (nSPS) is 17.2. The van der Waals surface area contributed by atoms with Crippen molar-refractivity contribution >= 4 is 69.6 Å². The van der Waals surface area contributed by atoms with Crippen LogP contribution < -0.4 is 9.13 Å². The van der Waals surface area contributed by atoms with Crippen LogP contribution in [0.1, 0.15) is 41.5 Å². The van der Waals surface area contributed by atoms with Crippen molar-refractivity contribution in [3.05, 3.63) is 150 Å². The molecule has 4 heteroatoms. The molecule has 5 aromatic heterocycles. The molecule has 0 spiro atoms. The van der Waals surface area contributed by atoms with Gasteiger partial charge in [-0.3, -0.25) is 0 Å². The SMILES string of the molecule is Cc1ccc2[n+](c1)CCC1C(CCc3cc4c(cc3-2)c2c3c(cc5c6ccccc6n4c52)sc2ccccc23)c2ccccc2-c2cccc[n+]21. The van der Waals surface area contributed by atoms with Gasteiger partial charge < -0.3 is 4.40 Å². The molecule has 0 aliphatic carbocycles. The lowest BCUT2D eigenvalue weighted by Crippen LogP contribution is -2.50. The van der Waals surface area contributed by atoms with E-state index in [0.717, 1.165) is 25.8 Å². The molecule has 12 rings (SSSR count). The van der Waals surface area contributed by atoms with Crippen molar-refractivity contribution in [3.8, 4) is 22.5 Å². The Morgan fingerprint density at radius 3 is 2.45 bits per heavy atom. The van der Waals surface area contributed by atoms with Crippen molar-refractivity contribution in [2.24, 2.45) is 0 Å². The van der Waals surface area contributed by atoms with E-state index in [-0.39, 0.29) is 0 Å². The van der Waals surface area contributed by atoms with E-state index in [0.29, 0.717) is 12.0 Å². The molecule has 0 saturated heterocycles. The number of aryl methyl sites for hydroxylation is 3. The monoisotopic (exact) mass is 673 g/mol. The summed E-state index contributed by atoms with van der Waals surface area (Å²) in [7, 11) is 0. The Kier molecular flexibility index (Phi) is 5.65. The second kappa shape index (κ2) is 10.2. The first-order valence-corrected chi connectivity index (χ1v) is 19.2. The fourth-order valence-electron chi connectivity index (χ4n) is 10.1. The molecule has 2 aliphatic heterocycles. The van der Waals surface area contributed by atoms with E-state index in [1.54, 1.807) is 0 Å². The van der Waals surface area contributed by atoms with Crippen molar-refractivity contribution < 1.29 is 9.13 Å². The molecule has 2 atom stereocenters. The van der Waals surface area contributed by atoms with E-state index >= 15 is 0 Å². The number of benzene rings is 5. The molecule has 51 heavy (non-hydrogen) atoms. The van der Waals surface area contributed by atoms with Gasteiger partial charge in [0.25, 0.3) is 0 Å². The van der Waals surface area contributed by atoms with Crippen molar-refractivity contribution in [3.63, 3.8) is 0 Å². The Morgan fingerprint density at radius 2 is 1.49 bits per heavy atom. The molecule has 0 bridgehead atoms. The van der Waals surface area contributed by atoms with Gasteiger partial charge in [-0.25, -0.2) is 0 Å². The number of thiophene rings is 1. The Balaban J connectivity index is 1.18. The lowest BCUT2D eigenvalue weighted by Gasteiger charge is -2.31.